The molecule has 0 aliphatic carbocycles. The average molecular weight is 472 g/mol. The number of aromatic hydroxyl groups is 2. The fourth-order valence-electron chi connectivity index (χ4n) is 3.33. The maximum absolute atomic E-state index is 11.4. The molecule has 0 amide bonds. The summed E-state index contributed by atoms with van der Waals surface area (Å²) in [5.41, 5.74) is 1.90. The molecule has 0 spiro atoms. The van der Waals surface area contributed by atoms with Crippen molar-refractivity contribution in [2.24, 2.45) is 10.1 Å². The minimum Gasteiger partial charge on any atom is -0.504 e. The minimum absolute atomic E-state index is 0.125. The first kappa shape index (κ1) is 21.2. The highest BCUT2D eigenvalue weighted by atomic mass is 32.1. The Morgan fingerprint density at radius 2 is 1.79 bits per heavy atom. The monoisotopic (exact) mass is 472 g/mol. The number of hydrogen-bond acceptors (Lipinski definition) is 8. The number of nitro groups is 1. The maximum atomic E-state index is 11.4. The van der Waals surface area contributed by atoms with E-state index in [1.165, 1.54) is 40.4 Å². The molecule has 0 atom stereocenters. The first-order valence-electron chi connectivity index (χ1n) is 10.0. The molecule has 5 aromatic rings. The van der Waals surface area contributed by atoms with Crippen molar-refractivity contribution in [3.63, 3.8) is 0 Å². The van der Waals surface area contributed by atoms with E-state index in [0.717, 1.165) is 5.39 Å². The molecule has 5 rings (SSSR count). The molecule has 0 unspecified atom stereocenters. The van der Waals surface area contributed by atoms with Crippen LogP contribution < -0.4 is 4.80 Å². The van der Waals surface area contributed by atoms with Crippen molar-refractivity contribution in [3.05, 3.63) is 98.7 Å². The van der Waals surface area contributed by atoms with Gasteiger partial charge in [-0.2, -0.15) is 5.10 Å². The highest BCUT2D eigenvalue weighted by Crippen LogP contribution is 2.30. The topological polar surface area (TPSA) is 126 Å². The number of benzene rings is 3. The Labute approximate surface area is 196 Å². The Morgan fingerprint density at radius 1 is 1.00 bits per heavy atom. The van der Waals surface area contributed by atoms with Crippen LogP contribution in [0.3, 0.4) is 0 Å². The summed E-state index contributed by atoms with van der Waals surface area (Å²) in [4.78, 5) is 15.8. The Hall–Kier alpha value is -4.70. The largest absolute Gasteiger partial charge is 0.504 e. The number of hydrogen-bond donors (Lipinski definition) is 2. The first-order valence-corrected chi connectivity index (χ1v) is 10.9. The Morgan fingerprint density at radius 3 is 2.59 bits per heavy atom. The van der Waals surface area contributed by atoms with E-state index in [-0.39, 0.29) is 22.9 Å². The Bertz CT molecular complexity index is 1600. The average Bonchev–Trinajstić information content (AvgIpc) is 3.44. The van der Waals surface area contributed by atoms with Crippen LogP contribution in [0.4, 0.5) is 11.4 Å². The molecular weight excluding hydrogens is 456 g/mol. The third-order valence-electron chi connectivity index (χ3n) is 4.98. The van der Waals surface area contributed by atoms with Crippen molar-refractivity contribution in [1.82, 2.24) is 4.68 Å². The SMILES string of the molecule is O=[N+]([O-])c1ccccc1N=c1scc(-c2cc3ccccc3o2)n1N=Cc1ccc(O)c(O)c1. The van der Waals surface area contributed by atoms with Gasteiger partial charge in [0.1, 0.15) is 17.0 Å². The number of nitrogens with zero attached hydrogens (tertiary/aromatic N) is 4. The highest BCUT2D eigenvalue weighted by Gasteiger charge is 2.15. The molecule has 0 saturated carbocycles. The van der Waals surface area contributed by atoms with Crippen molar-refractivity contribution < 1.29 is 19.6 Å². The summed E-state index contributed by atoms with van der Waals surface area (Å²) in [7, 11) is 0. The van der Waals surface area contributed by atoms with Gasteiger partial charge in [-0.15, -0.1) is 11.3 Å². The lowest BCUT2D eigenvalue weighted by Crippen LogP contribution is -2.11. The van der Waals surface area contributed by atoms with Crippen LogP contribution in [0, 0.1) is 10.1 Å². The van der Waals surface area contributed by atoms with E-state index in [9.17, 15) is 20.3 Å². The van der Waals surface area contributed by atoms with E-state index in [4.69, 9.17) is 4.42 Å². The van der Waals surface area contributed by atoms with E-state index in [1.54, 1.807) is 29.6 Å². The van der Waals surface area contributed by atoms with E-state index < -0.39 is 4.92 Å². The van der Waals surface area contributed by atoms with Crippen LogP contribution in [0.15, 0.2) is 92.7 Å². The minimum atomic E-state index is -0.487. The van der Waals surface area contributed by atoms with Crippen LogP contribution in [-0.4, -0.2) is 26.0 Å². The van der Waals surface area contributed by atoms with Crippen LogP contribution in [0.2, 0.25) is 0 Å². The maximum Gasteiger partial charge on any atom is 0.294 e. The number of rotatable bonds is 5. The third kappa shape index (κ3) is 4.05. The molecule has 168 valence electrons. The molecule has 0 aliphatic heterocycles. The smallest absolute Gasteiger partial charge is 0.294 e. The molecule has 0 aliphatic rings. The summed E-state index contributed by atoms with van der Waals surface area (Å²) < 4.78 is 7.51. The second kappa shape index (κ2) is 8.68. The second-order valence-corrected chi connectivity index (χ2v) is 8.05. The number of furan rings is 1. The van der Waals surface area contributed by atoms with Crippen molar-refractivity contribution in [1.29, 1.82) is 0 Å². The summed E-state index contributed by atoms with van der Waals surface area (Å²) in [5, 5.41) is 38.0. The van der Waals surface area contributed by atoms with Crippen molar-refractivity contribution in [3.8, 4) is 23.0 Å². The van der Waals surface area contributed by atoms with Gasteiger partial charge < -0.3 is 14.6 Å². The summed E-state index contributed by atoms with van der Waals surface area (Å²) in [5.74, 6) is 0.0316. The quantitative estimate of drug-likeness (QED) is 0.153. The zero-order valence-electron chi connectivity index (χ0n) is 17.4. The molecule has 0 saturated heterocycles. The molecule has 0 bridgehead atoms. The van der Waals surface area contributed by atoms with Crippen LogP contribution in [0.25, 0.3) is 22.4 Å². The lowest BCUT2D eigenvalue weighted by atomic mass is 10.2. The highest BCUT2D eigenvalue weighted by molar-refractivity contribution is 7.07. The normalized spacial score (nSPS) is 12.1. The van der Waals surface area contributed by atoms with Crippen molar-refractivity contribution >= 4 is 39.9 Å². The van der Waals surface area contributed by atoms with E-state index in [0.29, 0.717) is 27.4 Å². The van der Waals surface area contributed by atoms with Crippen LogP contribution in [0.5, 0.6) is 11.5 Å². The van der Waals surface area contributed by atoms with Gasteiger partial charge in [-0.05, 0) is 42.0 Å². The second-order valence-electron chi connectivity index (χ2n) is 7.21. The van der Waals surface area contributed by atoms with Crippen LogP contribution in [0.1, 0.15) is 5.56 Å². The van der Waals surface area contributed by atoms with Gasteiger partial charge in [0.25, 0.3) is 5.69 Å². The molecule has 2 aromatic heterocycles. The molecule has 34 heavy (non-hydrogen) atoms. The number of para-hydroxylation sites is 3. The number of nitro benzene ring substituents is 1. The van der Waals surface area contributed by atoms with Gasteiger partial charge in [0.15, 0.2) is 17.3 Å². The van der Waals surface area contributed by atoms with Gasteiger partial charge in [0.05, 0.1) is 11.1 Å². The first-order chi connectivity index (χ1) is 16.5. The predicted octanol–water partition coefficient (Wildman–Crippen LogP) is 5.40. The fourth-order valence-corrected chi connectivity index (χ4v) is 4.16. The number of phenolic OH excluding ortho intramolecular Hbond substituents is 2. The Balaban J connectivity index is 1.68. The van der Waals surface area contributed by atoms with Crippen LogP contribution in [-0.2, 0) is 0 Å². The predicted molar refractivity (Wildman–Crippen MR) is 129 cm³/mol. The summed E-state index contributed by atoms with van der Waals surface area (Å²) in [6, 6.07) is 20.0. The van der Waals surface area contributed by atoms with Gasteiger partial charge >= 0.3 is 0 Å². The molecule has 10 heteroatoms. The van der Waals surface area contributed by atoms with Gasteiger partial charge in [0.2, 0.25) is 4.80 Å². The van der Waals surface area contributed by atoms with Crippen LogP contribution >= 0.6 is 11.3 Å². The van der Waals surface area contributed by atoms with Crippen molar-refractivity contribution in [2.75, 3.05) is 0 Å². The molecule has 9 nitrogen and oxygen atoms in total. The number of thiazole rings is 1. The van der Waals surface area contributed by atoms with E-state index in [2.05, 4.69) is 10.1 Å². The standard InChI is InChI=1S/C24H16N4O5S/c29-20-10-9-15(11-21(20)30)13-25-27-19(23-12-16-5-1-4-8-22(16)33-23)14-34-24(27)26-17-6-2-3-7-18(17)28(31)32/h1-14,29-30H. The summed E-state index contributed by atoms with van der Waals surface area (Å²) in [6.45, 7) is 0. The molecule has 3 aromatic carbocycles. The number of aromatic nitrogens is 1. The van der Waals surface area contributed by atoms with Gasteiger partial charge in [0, 0.05) is 16.8 Å². The molecule has 2 heterocycles. The Kier molecular flexibility index (Phi) is 5.40. The van der Waals surface area contributed by atoms with E-state index >= 15 is 0 Å². The molecule has 2 N–H and O–H groups in total. The fraction of sp³-hybridized carbons (Fsp3) is 0. The zero-order chi connectivity index (χ0) is 23.7. The third-order valence-corrected chi connectivity index (χ3v) is 5.80. The zero-order valence-corrected chi connectivity index (χ0v) is 18.2. The van der Waals surface area contributed by atoms with Gasteiger partial charge in [-0.1, -0.05) is 30.3 Å². The molecular formula is C24H16N4O5S. The lowest BCUT2D eigenvalue weighted by molar-refractivity contribution is -0.384. The molecule has 0 fully saturated rings. The number of fused-ring (bicyclic) bond motifs is 1. The summed E-state index contributed by atoms with van der Waals surface area (Å²) >= 11 is 1.25. The van der Waals surface area contributed by atoms with E-state index in [1.807, 2.05) is 30.3 Å². The van der Waals surface area contributed by atoms with Gasteiger partial charge in [-0.25, -0.2) is 9.67 Å². The van der Waals surface area contributed by atoms with Crippen molar-refractivity contribution in [2.45, 2.75) is 0 Å². The lowest BCUT2D eigenvalue weighted by Gasteiger charge is -2.02. The molecule has 0 radical (unpaired) electrons. The summed E-state index contributed by atoms with van der Waals surface area (Å²) in [6.07, 6.45) is 1.48. The van der Waals surface area contributed by atoms with Gasteiger partial charge in [-0.3, -0.25) is 10.1 Å². The number of phenols is 2.